The summed E-state index contributed by atoms with van der Waals surface area (Å²) in [5, 5.41) is 6.89. The van der Waals surface area contributed by atoms with Crippen LogP contribution >= 0.6 is 24.0 Å². The van der Waals surface area contributed by atoms with E-state index in [9.17, 15) is 0 Å². The van der Waals surface area contributed by atoms with Crippen molar-refractivity contribution < 1.29 is 0 Å². The summed E-state index contributed by atoms with van der Waals surface area (Å²) in [7, 11) is 2.21. The van der Waals surface area contributed by atoms with Gasteiger partial charge in [0.15, 0.2) is 5.96 Å². The number of hydrogen-bond acceptors (Lipinski definition) is 3. The van der Waals surface area contributed by atoms with Crippen LogP contribution in [0.5, 0.6) is 0 Å². The zero-order chi connectivity index (χ0) is 18.8. The SMILES string of the molecule is CCNC(=NCC1CCCN(C)C1)NCCN(CC)c1cccc(C)c1.I. The first kappa shape index (κ1) is 24.0. The third kappa shape index (κ3) is 8.68. The molecule has 1 unspecified atom stereocenters. The van der Waals surface area contributed by atoms with Crippen LogP contribution in [0.15, 0.2) is 29.3 Å². The summed E-state index contributed by atoms with van der Waals surface area (Å²) in [6.45, 7) is 13.5. The molecule has 27 heavy (non-hydrogen) atoms. The van der Waals surface area contributed by atoms with E-state index >= 15 is 0 Å². The second-order valence-corrected chi connectivity index (χ2v) is 7.34. The lowest BCUT2D eigenvalue weighted by Gasteiger charge is -2.28. The largest absolute Gasteiger partial charge is 0.370 e. The number of nitrogens with one attached hydrogen (secondary N) is 2. The van der Waals surface area contributed by atoms with Gasteiger partial charge in [0.1, 0.15) is 0 Å². The predicted octanol–water partition coefficient (Wildman–Crippen LogP) is 3.34. The molecule has 1 fully saturated rings. The van der Waals surface area contributed by atoms with Crippen LogP contribution in [0.2, 0.25) is 0 Å². The second-order valence-electron chi connectivity index (χ2n) is 7.34. The lowest BCUT2D eigenvalue weighted by Crippen LogP contribution is -2.42. The molecule has 5 nitrogen and oxygen atoms in total. The molecule has 1 saturated heterocycles. The molecule has 1 aliphatic rings. The van der Waals surface area contributed by atoms with E-state index in [0.29, 0.717) is 5.92 Å². The summed E-state index contributed by atoms with van der Waals surface area (Å²) in [5.41, 5.74) is 2.60. The Hall–Kier alpha value is -1.02. The van der Waals surface area contributed by atoms with Gasteiger partial charge < -0.3 is 20.4 Å². The molecule has 0 spiro atoms. The van der Waals surface area contributed by atoms with Gasteiger partial charge in [-0.15, -0.1) is 24.0 Å². The van der Waals surface area contributed by atoms with Crippen molar-refractivity contribution in [2.45, 2.75) is 33.6 Å². The summed E-state index contributed by atoms with van der Waals surface area (Å²) in [6.07, 6.45) is 2.59. The quantitative estimate of drug-likeness (QED) is 0.336. The van der Waals surface area contributed by atoms with Gasteiger partial charge in [-0.1, -0.05) is 12.1 Å². The Kier molecular flexibility index (Phi) is 11.7. The van der Waals surface area contributed by atoms with E-state index in [4.69, 9.17) is 4.99 Å². The third-order valence-corrected chi connectivity index (χ3v) is 5.00. The van der Waals surface area contributed by atoms with Crippen LogP contribution in [0.3, 0.4) is 0 Å². The summed E-state index contributed by atoms with van der Waals surface area (Å²) < 4.78 is 0. The highest BCUT2D eigenvalue weighted by molar-refractivity contribution is 14.0. The molecule has 0 bridgehead atoms. The van der Waals surface area contributed by atoms with Gasteiger partial charge in [0.2, 0.25) is 0 Å². The van der Waals surface area contributed by atoms with Crippen LogP contribution in [-0.4, -0.2) is 63.7 Å². The minimum absolute atomic E-state index is 0. The molecule has 1 atom stereocenters. The van der Waals surface area contributed by atoms with E-state index in [1.807, 2.05) is 0 Å². The lowest BCUT2D eigenvalue weighted by molar-refractivity contribution is 0.214. The van der Waals surface area contributed by atoms with Gasteiger partial charge in [-0.3, -0.25) is 4.99 Å². The van der Waals surface area contributed by atoms with Crippen LogP contribution < -0.4 is 15.5 Å². The van der Waals surface area contributed by atoms with Gasteiger partial charge in [0.05, 0.1) is 0 Å². The van der Waals surface area contributed by atoms with E-state index < -0.39 is 0 Å². The number of benzene rings is 1. The molecule has 1 aliphatic heterocycles. The molecule has 0 amide bonds. The number of nitrogens with zero attached hydrogens (tertiary/aromatic N) is 3. The molecule has 0 aromatic heterocycles. The highest BCUT2D eigenvalue weighted by Gasteiger charge is 2.16. The maximum absolute atomic E-state index is 4.83. The van der Waals surface area contributed by atoms with E-state index in [2.05, 4.69) is 72.5 Å². The Labute approximate surface area is 183 Å². The topological polar surface area (TPSA) is 42.9 Å². The number of likely N-dealkylation sites (tertiary alicyclic amines) is 1. The fourth-order valence-electron chi connectivity index (χ4n) is 3.59. The van der Waals surface area contributed by atoms with E-state index in [1.165, 1.54) is 37.2 Å². The van der Waals surface area contributed by atoms with Gasteiger partial charge in [0, 0.05) is 45.0 Å². The lowest BCUT2D eigenvalue weighted by atomic mass is 9.99. The maximum Gasteiger partial charge on any atom is 0.191 e. The second kappa shape index (κ2) is 13.2. The summed E-state index contributed by atoms with van der Waals surface area (Å²) in [4.78, 5) is 9.65. The van der Waals surface area contributed by atoms with Crippen molar-refractivity contribution >= 4 is 35.6 Å². The average Bonchev–Trinajstić information content (AvgIpc) is 2.63. The van der Waals surface area contributed by atoms with E-state index in [-0.39, 0.29) is 24.0 Å². The number of rotatable bonds is 8. The van der Waals surface area contributed by atoms with Crippen molar-refractivity contribution in [1.82, 2.24) is 15.5 Å². The molecule has 2 rings (SSSR count). The van der Waals surface area contributed by atoms with Gasteiger partial charge >= 0.3 is 0 Å². The fourth-order valence-corrected chi connectivity index (χ4v) is 3.59. The van der Waals surface area contributed by atoms with Crippen LogP contribution in [0.4, 0.5) is 5.69 Å². The fraction of sp³-hybridized carbons (Fsp3) is 0.667. The Morgan fingerprint density at radius 3 is 2.78 bits per heavy atom. The summed E-state index contributed by atoms with van der Waals surface area (Å²) in [6, 6.07) is 8.72. The van der Waals surface area contributed by atoms with Crippen molar-refractivity contribution in [1.29, 1.82) is 0 Å². The van der Waals surface area contributed by atoms with Gasteiger partial charge in [-0.05, 0) is 70.8 Å². The molecular formula is C21H38IN5. The van der Waals surface area contributed by atoms with Crippen molar-refractivity contribution in [3.8, 4) is 0 Å². The smallest absolute Gasteiger partial charge is 0.191 e. The molecular weight excluding hydrogens is 449 g/mol. The predicted molar refractivity (Wildman–Crippen MR) is 129 cm³/mol. The molecule has 0 aliphatic carbocycles. The number of halogens is 1. The van der Waals surface area contributed by atoms with Gasteiger partial charge in [0.25, 0.3) is 0 Å². The number of likely N-dealkylation sites (N-methyl/N-ethyl adjacent to an activating group) is 1. The van der Waals surface area contributed by atoms with Crippen LogP contribution in [0, 0.1) is 12.8 Å². The zero-order valence-electron chi connectivity index (χ0n) is 17.5. The van der Waals surface area contributed by atoms with Crippen LogP contribution in [0.1, 0.15) is 32.3 Å². The first-order chi connectivity index (χ1) is 12.6. The normalized spacial score (nSPS) is 17.9. The minimum Gasteiger partial charge on any atom is -0.370 e. The summed E-state index contributed by atoms with van der Waals surface area (Å²) in [5.74, 6) is 1.63. The molecule has 154 valence electrons. The Balaban J connectivity index is 0.00000364. The highest BCUT2D eigenvalue weighted by Crippen LogP contribution is 2.16. The Morgan fingerprint density at radius 2 is 2.11 bits per heavy atom. The van der Waals surface area contributed by atoms with E-state index in [1.54, 1.807) is 0 Å². The zero-order valence-corrected chi connectivity index (χ0v) is 19.8. The van der Waals surface area contributed by atoms with Crippen molar-refractivity contribution in [2.75, 3.05) is 57.8 Å². The van der Waals surface area contributed by atoms with Crippen molar-refractivity contribution in [2.24, 2.45) is 10.9 Å². The Bertz CT molecular complexity index is 563. The van der Waals surface area contributed by atoms with E-state index in [0.717, 1.165) is 38.7 Å². The molecule has 2 N–H and O–H groups in total. The number of hydrogen-bond donors (Lipinski definition) is 2. The van der Waals surface area contributed by atoms with Crippen LogP contribution in [-0.2, 0) is 0 Å². The number of aryl methyl sites for hydroxylation is 1. The molecule has 0 saturated carbocycles. The number of anilines is 1. The Morgan fingerprint density at radius 1 is 1.30 bits per heavy atom. The summed E-state index contributed by atoms with van der Waals surface area (Å²) >= 11 is 0. The molecule has 1 aromatic rings. The number of piperidine rings is 1. The average molecular weight is 487 g/mol. The van der Waals surface area contributed by atoms with Gasteiger partial charge in [-0.2, -0.15) is 0 Å². The van der Waals surface area contributed by atoms with Crippen molar-refractivity contribution in [3.63, 3.8) is 0 Å². The standard InChI is InChI=1S/C21H37N5.HI/c1-5-22-21(24-16-19-10-8-13-25(4)17-19)23-12-14-26(6-2)20-11-7-9-18(3)15-20;/h7,9,11,15,19H,5-6,8,10,12-14,16-17H2,1-4H3,(H2,22,23,24);1H. The molecule has 6 heteroatoms. The molecule has 1 aromatic carbocycles. The molecule has 0 radical (unpaired) electrons. The first-order valence-electron chi connectivity index (χ1n) is 10.1. The highest BCUT2D eigenvalue weighted by atomic mass is 127. The maximum atomic E-state index is 4.83. The van der Waals surface area contributed by atoms with Crippen LogP contribution in [0.25, 0.3) is 0 Å². The molecule has 1 heterocycles. The monoisotopic (exact) mass is 487 g/mol. The van der Waals surface area contributed by atoms with Crippen molar-refractivity contribution in [3.05, 3.63) is 29.8 Å². The third-order valence-electron chi connectivity index (χ3n) is 5.00. The van der Waals surface area contributed by atoms with Gasteiger partial charge in [-0.25, -0.2) is 0 Å². The number of guanidine groups is 1. The number of aliphatic imine (C=N–C) groups is 1. The first-order valence-corrected chi connectivity index (χ1v) is 10.1. The minimum atomic E-state index is 0.